The second-order valence-electron chi connectivity index (χ2n) is 6.67. The van der Waals surface area contributed by atoms with Gasteiger partial charge in [-0.25, -0.2) is 0 Å². The third-order valence-electron chi connectivity index (χ3n) is 4.74. The van der Waals surface area contributed by atoms with Gasteiger partial charge in [-0.3, -0.25) is 4.57 Å². The molecule has 0 saturated heterocycles. The van der Waals surface area contributed by atoms with Crippen LogP contribution in [0.3, 0.4) is 0 Å². The number of aromatic nitrogens is 3. The fraction of sp³-hybridized carbons (Fsp3) is 0.125. The first-order valence-corrected chi connectivity index (χ1v) is 10.6. The minimum atomic E-state index is 0.647. The average Bonchev–Trinajstić information content (AvgIpc) is 3.27. The monoisotopic (exact) mass is 428 g/mol. The summed E-state index contributed by atoms with van der Waals surface area (Å²) < 4.78 is 12.6. The topological polar surface area (TPSA) is 73.0 Å². The predicted octanol–water partition coefficient (Wildman–Crippen LogP) is 5.12. The van der Waals surface area contributed by atoms with E-state index in [1.165, 1.54) is 0 Å². The van der Waals surface area contributed by atoms with E-state index in [9.17, 15) is 0 Å². The Kier molecular flexibility index (Phi) is 6.20. The quantitative estimate of drug-likeness (QED) is 0.381. The Balaban J connectivity index is 1.71. The van der Waals surface area contributed by atoms with Crippen LogP contribution in [-0.4, -0.2) is 29.0 Å². The van der Waals surface area contributed by atoms with Crippen LogP contribution in [0.4, 0.5) is 0 Å². The number of nitriles is 1. The molecule has 0 saturated carbocycles. The SMILES string of the molecule is COc1ccc(-c2nnc(SCc3cccc(C#N)c3)n2-c2ccc(OC)cc2)cc1. The molecule has 31 heavy (non-hydrogen) atoms. The number of methoxy groups -OCH3 is 2. The maximum atomic E-state index is 9.15. The molecule has 1 aromatic heterocycles. The van der Waals surface area contributed by atoms with Gasteiger partial charge in [-0.15, -0.1) is 10.2 Å². The zero-order valence-corrected chi connectivity index (χ0v) is 18.0. The van der Waals surface area contributed by atoms with E-state index >= 15 is 0 Å². The Morgan fingerprint density at radius 3 is 2.23 bits per heavy atom. The zero-order valence-electron chi connectivity index (χ0n) is 17.1. The lowest BCUT2D eigenvalue weighted by Gasteiger charge is -2.11. The first kappa shape index (κ1) is 20.5. The molecule has 0 aliphatic rings. The molecule has 0 fully saturated rings. The summed E-state index contributed by atoms with van der Waals surface area (Å²) in [6.45, 7) is 0. The second-order valence-corrected chi connectivity index (χ2v) is 7.61. The molecular weight excluding hydrogens is 408 g/mol. The smallest absolute Gasteiger partial charge is 0.196 e. The zero-order chi connectivity index (χ0) is 21.6. The molecule has 0 amide bonds. The lowest BCUT2D eigenvalue weighted by atomic mass is 10.2. The fourth-order valence-corrected chi connectivity index (χ4v) is 4.03. The Morgan fingerprint density at radius 1 is 0.903 bits per heavy atom. The summed E-state index contributed by atoms with van der Waals surface area (Å²) >= 11 is 1.57. The maximum absolute atomic E-state index is 9.15. The molecule has 0 atom stereocenters. The van der Waals surface area contributed by atoms with Crippen LogP contribution in [-0.2, 0) is 5.75 Å². The highest BCUT2D eigenvalue weighted by atomic mass is 32.2. The van der Waals surface area contributed by atoms with Crippen LogP contribution >= 0.6 is 11.8 Å². The summed E-state index contributed by atoms with van der Waals surface area (Å²) in [6, 6.07) is 25.3. The Hall–Kier alpha value is -3.76. The van der Waals surface area contributed by atoms with E-state index in [1.54, 1.807) is 32.0 Å². The minimum absolute atomic E-state index is 0.647. The van der Waals surface area contributed by atoms with Crippen molar-refractivity contribution in [3.8, 4) is 34.6 Å². The van der Waals surface area contributed by atoms with E-state index < -0.39 is 0 Å². The van der Waals surface area contributed by atoms with Gasteiger partial charge in [0.2, 0.25) is 0 Å². The first-order chi connectivity index (χ1) is 15.2. The van der Waals surface area contributed by atoms with Gasteiger partial charge in [0, 0.05) is 17.0 Å². The van der Waals surface area contributed by atoms with Gasteiger partial charge in [0.25, 0.3) is 0 Å². The molecule has 7 heteroatoms. The molecule has 0 spiro atoms. The summed E-state index contributed by atoms with van der Waals surface area (Å²) in [5.74, 6) is 2.98. The Morgan fingerprint density at radius 2 is 1.58 bits per heavy atom. The molecule has 6 nitrogen and oxygen atoms in total. The number of thioether (sulfide) groups is 1. The van der Waals surface area contributed by atoms with Gasteiger partial charge in [0.15, 0.2) is 11.0 Å². The predicted molar refractivity (Wildman–Crippen MR) is 121 cm³/mol. The Bertz CT molecular complexity index is 1210. The molecule has 0 radical (unpaired) electrons. The first-order valence-electron chi connectivity index (χ1n) is 9.58. The van der Waals surface area contributed by atoms with Crippen LogP contribution in [0.25, 0.3) is 17.1 Å². The van der Waals surface area contributed by atoms with Gasteiger partial charge >= 0.3 is 0 Å². The number of nitrogens with zero attached hydrogens (tertiary/aromatic N) is 4. The third kappa shape index (κ3) is 4.55. The van der Waals surface area contributed by atoms with E-state index in [-0.39, 0.29) is 0 Å². The summed E-state index contributed by atoms with van der Waals surface area (Å²) in [6.07, 6.45) is 0. The van der Waals surface area contributed by atoms with Crippen molar-refractivity contribution in [3.63, 3.8) is 0 Å². The van der Waals surface area contributed by atoms with Crippen molar-refractivity contribution >= 4 is 11.8 Å². The summed E-state index contributed by atoms with van der Waals surface area (Å²) in [5.41, 5.74) is 3.57. The molecular formula is C24H20N4O2S. The fourth-order valence-electron chi connectivity index (χ4n) is 3.13. The highest BCUT2D eigenvalue weighted by Crippen LogP contribution is 2.31. The molecule has 0 N–H and O–H groups in total. The standard InChI is InChI=1S/C24H20N4O2S/c1-29-21-10-6-19(7-11-21)23-26-27-24(28(23)20-8-12-22(30-2)13-9-20)31-16-18-5-3-4-17(14-18)15-25/h3-14H,16H2,1-2H3. The van der Waals surface area contributed by atoms with E-state index in [1.807, 2.05) is 71.3 Å². The molecule has 0 bridgehead atoms. The maximum Gasteiger partial charge on any atom is 0.196 e. The van der Waals surface area contributed by atoms with Crippen LogP contribution in [0.15, 0.2) is 78.0 Å². The number of ether oxygens (including phenoxy) is 2. The van der Waals surface area contributed by atoms with E-state index in [0.717, 1.165) is 39.3 Å². The van der Waals surface area contributed by atoms with Gasteiger partial charge in [0.1, 0.15) is 11.5 Å². The van der Waals surface area contributed by atoms with E-state index in [2.05, 4.69) is 16.3 Å². The number of benzene rings is 3. The van der Waals surface area contributed by atoms with Crippen molar-refractivity contribution in [2.45, 2.75) is 10.9 Å². The molecule has 4 aromatic rings. The van der Waals surface area contributed by atoms with Crippen LogP contribution in [0.1, 0.15) is 11.1 Å². The molecule has 0 unspecified atom stereocenters. The largest absolute Gasteiger partial charge is 0.497 e. The van der Waals surface area contributed by atoms with Crippen molar-refractivity contribution in [3.05, 3.63) is 83.9 Å². The highest BCUT2D eigenvalue weighted by molar-refractivity contribution is 7.98. The summed E-state index contributed by atoms with van der Waals surface area (Å²) in [7, 11) is 3.29. The van der Waals surface area contributed by atoms with Gasteiger partial charge in [-0.1, -0.05) is 23.9 Å². The number of hydrogen-bond acceptors (Lipinski definition) is 6. The van der Waals surface area contributed by atoms with Gasteiger partial charge in [-0.05, 0) is 66.2 Å². The molecule has 1 heterocycles. The van der Waals surface area contributed by atoms with Crippen LogP contribution in [0.5, 0.6) is 11.5 Å². The normalized spacial score (nSPS) is 10.5. The van der Waals surface area contributed by atoms with E-state index in [0.29, 0.717) is 11.3 Å². The van der Waals surface area contributed by atoms with Gasteiger partial charge < -0.3 is 9.47 Å². The summed E-state index contributed by atoms with van der Waals surface area (Å²) in [4.78, 5) is 0. The second kappa shape index (κ2) is 9.37. The average molecular weight is 429 g/mol. The highest BCUT2D eigenvalue weighted by Gasteiger charge is 2.17. The van der Waals surface area contributed by atoms with Crippen molar-refractivity contribution in [2.75, 3.05) is 14.2 Å². The lowest BCUT2D eigenvalue weighted by Crippen LogP contribution is -2.00. The number of hydrogen-bond donors (Lipinski definition) is 0. The van der Waals surface area contributed by atoms with Crippen molar-refractivity contribution < 1.29 is 9.47 Å². The van der Waals surface area contributed by atoms with Crippen molar-refractivity contribution in [2.24, 2.45) is 0 Å². The van der Waals surface area contributed by atoms with Crippen LogP contribution in [0, 0.1) is 11.3 Å². The lowest BCUT2D eigenvalue weighted by molar-refractivity contribution is 0.414. The molecule has 4 rings (SSSR count). The van der Waals surface area contributed by atoms with Crippen molar-refractivity contribution in [1.82, 2.24) is 14.8 Å². The Labute approximate surface area is 185 Å². The van der Waals surface area contributed by atoms with Gasteiger partial charge in [0.05, 0.1) is 25.9 Å². The van der Waals surface area contributed by atoms with E-state index in [4.69, 9.17) is 14.7 Å². The molecule has 154 valence electrons. The number of rotatable bonds is 7. The van der Waals surface area contributed by atoms with Gasteiger partial charge in [-0.2, -0.15) is 5.26 Å². The minimum Gasteiger partial charge on any atom is -0.497 e. The third-order valence-corrected chi connectivity index (χ3v) is 5.74. The van der Waals surface area contributed by atoms with Crippen LogP contribution < -0.4 is 9.47 Å². The molecule has 0 aliphatic carbocycles. The molecule has 0 aliphatic heterocycles. The van der Waals surface area contributed by atoms with Crippen molar-refractivity contribution in [1.29, 1.82) is 5.26 Å². The van der Waals surface area contributed by atoms with Crippen LogP contribution in [0.2, 0.25) is 0 Å². The summed E-state index contributed by atoms with van der Waals surface area (Å²) in [5, 5.41) is 18.8. The molecule has 3 aromatic carbocycles.